The summed E-state index contributed by atoms with van der Waals surface area (Å²) in [6.45, 7) is 5.60. The number of carbonyl (C=O) groups excluding carboxylic acids is 1. The summed E-state index contributed by atoms with van der Waals surface area (Å²) in [6.07, 6.45) is 0. The zero-order valence-corrected chi connectivity index (χ0v) is 11.9. The van der Waals surface area contributed by atoms with Gasteiger partial charge in [-0.1, -0.05) is 23.2 Å². The fourth-order valence-corrected chi connectivity index (χ4v) is 2.53. The van der Waals surface area contributed by atoms with Crippen molar-refractivity contribution >= 4 is 29.1 Å². The second-order valence-corrected chi connectivity index (χ2v) is 5.45. The first-order valence-corrected chi connectivity index (χ1v) is 6.75. The van der Waals surface area contributed by atoms with Crippen LogP contribution in [-0.4, -0.2) is 36.0 Å². The number of piperazine rings is 1. The first-order chi connectivity index (χ1) is 8.50. The van der Waals surface area contributed by atoms with Crippen LogP contribution in [0.4, 0.5) is 0 Å². The average Bonchev–Trinajstić information content (AvgIpc) is 2.35. The molecule has 1 N–H and O–H groups in total. The number of rotatable bonds is 1. The van der Waals surface area contributed by atoms with Crippen molar-refractivity contribution in [2.24, 2.45) is 0 Å². The first-order valence-electron chi connectivity index (χ1n) is 6.00. The Balaban J connectivity index is 2.27. The highest BCUT2D eigenvalue weighted by Crippen LogP contribution is 2.23. The van der Waals surface area contributed by atoms with Crippen molar-refractivity contribution in [1.29, 1.82) is 0 Å². The van der Waals surface area contributed by atoms with Crippen LogP contribution >= 0.6 is 23.2 Å². The Morgan fingerprint density at radius 2 is 2.11 bits per heavy atom. The van der Waals surface area contributed by atoms with Crippen molar-refractivity contribution in [3.05, 3.63) is 33.8 Å². The fraction of sp³-hybridized carbons (Fsp3) is 0.462. The number of hydrogen-bond acceptors (Lipinski definition) is 2. The molecule has 3 nitrogen and oxygen atoms in total. The lowest BCUT2D eigenvalue weighted by molar-refractivity contribution is 0.0603. The van der Waals surface area contributed by atoms with Crippen LogP contribution in [0.2, 0.25) is 10.0 Å². The summed E-state index contributed by atoms with van der Waals surface area (Å²) >= 11 is 12.0. The van der Waals surface area contributed by atoms with E-state index in [-0.39, 0.29) is 18.0 Å². The molecule has 1 aliphatic rings. The zero-order chi connectivity index (χ0) is 13.3. The lowest BCUT2D eigenvalue weighted by Crippen LogP contribution is -2.57. The second-order valence-electron chi connectivity index (χ2n) is 4.61. The SMILES string of the molecule is CC1NCCN(C(=O)c2cc(Cl)ccc2Cl)C1C. The molecule has 18 heavy (non-hydrogen) atoms. The van der Waals surface area contributed by atoms with Crippen molar-refractivity contribution in [2.45, 2.75) is 25.9 Å². The third kappa shape index (κ3) is 2.63. The summed E-state index contributed by atoms with van der Waals surface area (Å²) in [6, 6.07) is 5.39. The Hall–Kier alpha value is -0.770. The molecule has 1 aromatic carbocycles. The van der Waals surface area contributed by atoms with Gasteiger partial charge in [0.1, 0.15) is 0 Å². The molecule has 2 rings (SSSR count). The maximum absolute atomic E-state index is 12.5. The lowest BCUT2D eigenvalue weighted by Gasteiger charge is -2.38. The van der Waals surface area contributed by atoms with E-state index in [0.717, 1.165) is 6.54 Å². The molecule has 0 saturated carbocycles. The standard InChI is InChI=1S/C13H16Cl2N2O/c1-8-9(2)17(6-5-16-8)13(18)11-7-10(14)3-4-12(11)15/h3-4,7-9,16H,5-6H2,1-2H3. The van der Waals surface area contributed by atoms with Gasteiger partial charge in [-0.05, 0) is 32.0 Å². The molecule has 0 radical (unpaired) electrons. The summed E-state index contributed by atoms with van der Waals surface area (Å²) < 4.78 is 0. The van der Waals surface area contributed by atoms with Crippen LogP contribution in [0.1, 0.15) is 24.2 Å². The van der Waals surface area contributed by atoms with Gasteiger partial charge < -0.3 is 10.2 Å². The van der Waals surface area contributed by atoms with Crippen LogP contribution in [-0.2, 0) is 0 Å². The van der Waals surface area contributed by atoms with Gasteiger partial charge in [-0.25, -0.2) is 0 Å². The van der Waals surface area contributed by atoms with Crippen LogP contribution in [0.5, 0.6) is 0 Å². The number of nitrogens with one attached hydrogen (secondary N) is 1. The van der Waals surface area contributed by atoms with E-state index in [1.165, 1.54) is 0 Å². The third-order valence-corrected chi connectivity index (χ3v) is 4.02. The Labute approximate surface area is 117 Å². The van der Waals surface area contributed by atoms with Gasteiger partial charge in [0.05, 0.1) is 10.6 Å². The Kier molecular flexibility index (Phi) is 4.15. The molecule has 98 valence electrons. The van der Waals surface area contributed by atoms with E-state index in [9.17, 15) is 4.79 Å². The van der Waals surface area contributed by atoms with E-state index in [0.29, 0.717) is 22.2 Å². The molecule has 0 bridgehead atoms. The summed E-state index contributed by atoms with van der Waals surface area (Å²) in [5.41, 5.74) is 0.477. The second kappa shape index (κ2) is 5.47. The van der Waals surface area contributed by atoms with Gasteiger partial charge >= 0.3 is 0 Å². The van der Waals surface area contributed by atoms with E-state index < -0.39 is 0 Å². The Bertz CT molecular complexity index is 464. The molecule has 0 spiro atoms. The van der Waals surface area contributed by atoms with Crippen molar-refractivity contribution in [3.8, 4) is 0 Å². The van der Waals surface area contributed by atoms with Crippen LogP contribution in [0, 0.1) is 0 Å². The van der Waals surface area contributed by atoms with E-state index in [4.69, 9.17) is 23.2 Å². The minimum absolute atomic E-state index is 0.0525. The van der Waals surface area contributed by atoms with Crippen LogP contribution in [0.15, 0.2) is 18.2 Å². The van der Waals surface area contributed by atoms with Gasteiger partial charge in [0.2, 0.25) is 0 Å². The smallest absolute Gasteiger partial charge is 0.255 e. The third-order valence-electron chi connectivity index (χ3n) is 3.45. The maximum Gasteiger partial charge on any atom is 0.255 e. The molecule has 0 aliphatic carbocycles. The van der Waals surface area contributed by atoms with Crippen molar-refractivity contribution in [1.82, 2.24) is 10.2 Å². The molecule has 2 unspecified atom stereocenters. The summed E-state index contributed by atoms with van der Waals surface area (Å²) in [5, 5.41) is 4.31. The van der Waals surface area contributed by atoms with Crippen molar-refractivity contribution < 1.29 is 4.79 Å². The minimum Gasteiger partial charge on any atom is -0.333 e. The number of halogens is 2. The number of nitrogens with zero attached hydrogens (tertiary/aromatic N) is 1. The molecular weight excluding hydrogens is 271 g/mol. The van der Waals surface area contributed by atoms with E-state index in [2.05, 4.69) is 12.2 Å². The number of carbonyl (C=O) groups is 1. The zero-order valence-electron chi connectivity index (χ0n) is 10.4. The molecule has 5 heteroatoms. The highest BCUT2D eigenvalue weighted by Gasteiger charge is 2.29. The van der Waals surface area contributed by atoms with Crippen molar-refractivity contribution in [2.75, 3.05) is 13.1 Å². The summed E-state index contributed by atoms with van der Waals surface area (Å²) in [7, 11) is 0. The van der Waals surface area contributed by atoms with Crippen LogP contribution in [0.25, 0.3) is 0 Å². The molecule has 0 aromatic heterocycles. The quantitative estimate of drug-likeness (QED) is 0.861. The van der Waals surface area contributed by atoms with Gasteiger partial charge in [0.25, 0.3) is 5.91 Å². The summed E-state index contributed by atoms with van der Waals surface area (Å²) in [4.78, 5) is 14.3. The largest absolute Gasteiger partial charge is 0.333 e. The van der Waals surface area contributed by atoms with E-state index in [1.54, 1.807) is 18.2 Å². The topological polar surface area (TPSA) is 32.3 Å². The molecule has 2 atom stereocenters. The predicted octanol–water partition coefficient (Wildman–Crippen LogP) is 2.82. The van der Waals surface area contributed by atoms with Crippen LogP contribution in [0.3, 0.4) is 0 Å². The number of hydrogen-bond donors (Lipinski definition) is 1. The van der Waals surface area contributed by atoms with Gasteiger partial charge in [-0.3, -0.25) is 4.79 Å². The predicted molar refractivity (Wildman–Crippen MR) is 74.4 cm³/mol. The van der Waals surface area contributed by atoms with E-state index >= 15 is 0 Å². The Morgan fingerprint density at radius 3 is 2.83 bits per heavy atom. The van der Waals surface area contributed by atoms with Gasteiger partial charge in [-0.2, -0.15) is 0 Å². The highest BCUT2D eigenvalue weighted by molar-refractivity contribution is 6.35. The molecule has 1 amide bonds. The molecular formula is C13H16Cl2N2O. The Morgan fingerprint density at radius 1 is 1.39 bits per heavy atom. The summed E-state index contributed by atoms with van der Waals surface area (Å²) in [5.74, 6) is -0.0525. The molecule has 1 aromatic rings. The number of amides is 1. The van der Waals surface area contributed by atoms with Gasteiger partial charge in [0.15, 0.2) is 0 Å². The number of benzene rings is 1. The molecule has 1 heterocycles. The van der Waals surface area contributed by atoms with Crippen LogP contribution < -0.4 is 5.32 Å². The molecule has 1 fully saturated rings. The monoisotopic (exact) mass is 286 g/mol. The maximum atomic E-state index is 12.5. The molecule has 1 saturated heterocycles. The molecule has 1 aliphatic heterocycles. The normalized spacial score (nSPS) is 24.1. The minimum atomic E-state index is -0.0525. The van der Waals surface area contributed by atoms with Gasteiger partial charge in [-0.15, -0.1) is 0 Å². The van der Waals surface area contributed by atoms with Gasteiger partial charge in [0, 0.05) is 30.2 Å². The fourth-order valence-electron chi connectivity index (χ4n) is 2.16. The first kappa shape index (κ1) is 13.7. The van der Waals surface area contributed by atoms with E-state index in [1.807, 2.05) is 11.8 Å². The average molecular weight is 287 g/mol. The van der Waals surface area contributed by atoms with Crippen molar-refractivity contribution in [3.63, 3.8) is 0 Å². The highest BCUT2D eigenvalue weighted by atomic mass is 35.5. The lowest BCUT2D eigenvalue weighted by atomic mass is 10.1.